The number of hydrogen-bond acceptors (Lipinski definition) is 3. The van der Waals surface area contributed by atoms with Crippen molar-refractivity contribution in [2.24, 2.45) is 0 Å². The third kappa shape index (κ3) is 3.14. The average Bonchev–Trinajstić information content (AvgIpc) is 2.42. The van der Waals surface area contributed by atoms with E-state index in [4.69, 9.17) is 9.47 Å². The molecule has 20 heavy (non-hydrogen) atoms. The first-order chi connectivity index (χ1) is 9.52. The molecule has 0 aliphatic rings. The molecule has 0 radical (unpaired) electrons. The van der Waals surface area contributed by atoms with Crippen molar-refractivity contribution >= 4 is 15.9 Å². The van der Waals surface area contributed by atoms with Gasteiger partial charge in [0.1, 0.15) is 17.2 Å². The van der Waals surface area contributed by atoms with Gasteiger partial charge >= 0.3 is 0 Å². The number of aliphatic hydroxyl groups is 1. The second-order valence-corrected chi connectivity index (χ2v) is 5.42. The van der Waals surface area contributed by atoms with Crippen LogP contribution in [-0.4, -0.2) is 12.2 Å². The van der Waals surface area contributed by atoms with Crippen LogP contribution in [0.5, 0.6) is 17.2 Å². The van der Waals surface area contributed by atoms with Crippen molar-refractivity contribution in [1.82, 2.24) is 0 Å². The third-order valence-electron chi connectivity index (χ3n) is 3.02. The van der Waals surface area contributed by atoms with Crippen LogP contribution in [-0.2, 0) is 0 Å². The maximum Gasteiger partial charge on any atom is 0.136 e. The van der Waals surface area contributed by atoms with Gasteiger partial charge in [-0.05, 0) is 49.7 Å². The highest BCUT2D eigenvalue weighted by molar-refractivity contribution is 9.10. The minimum Gasteiger partial charge on any atom is -0.496 e. The smallest absolute Gasteiger partial charge is 0.136 e. The topological polar surface area (TPSA) is 38.7 Å². The molecule has 3 nitrogen and oxygen atoms in total. The summed E-state index contributed by atoms with van der Waals surface area (Å²) in [6.07, 6.45) is -0.669. The molecule has 0 aromatic heterocycles. The SMILES string of the molecule is COc1cccc(Oc2ccc(Br)c(C)c2)c1[C@@H](C)O. The van der Waals surface area contributed by atoms with Crippen LogP contribution in [0.4, 0.5) is 0 Å². The van der Waals surface area contributed by atoms with Crippen LogP contribution in [0.1, 0.15) is 24.2 Å². The Morgan fingerprint density at radius 1 is 1.15 bits per heavy atom. The van der Waals surface area contributed by atoms with Crippen molar-refractivity contribution in [2.75, 3.05) is 7.11 Å². The monoisotopic (exact) mass is 336 g/mol. The minimum absolute atomic E-state index is 0.598. The van der Waals surface area contributed by atoms with Crippen molar-refractivity contribution < 1.29 is 14.6 Å². The molecule has 0 aliphatic heterocycles. The van der Waals surface area contributed by atoms with Crippen molar-refractivity contribution in [1.29, 1.82) is 0 Å². The molecular weight excluding hydrogens is 320 g/mol. The molecule has 4 heteroatoms. The lowest BCUT2D eigenvalue weighted by atomic mass is 10.1. The molecule has 2 aromatic carbocycles. The van der Waals surface area contributed by atoms with E-state index in [1.807, 2.05) is 43.3 Å². The zero-order chi connectivity index (χ0) is 14.7. The van der Waals surface area contributed by atoms with Crippen molar-refractivity contribution in [3.63, 3.8) is 0 Å². The molecule has 0 saturated heterocycles. The lowest BCUT2D eigenvalue weighted by Crippen LogP contribution is -2.00. The van der Waals surface area contributed by atoms with E-state index in [1.54, 1.807) is 14.0 Å². The summed E-state index contributed by atoms with van der Waals surface area (Å²) in [6.45, 7) is 3.69. The third-order valence-corrected chi connectivity index (χ3v) is 3.91. The molecule has 2 aromatic rings. The normalized spacial score (nSPS) is 12.1. The molecular formula is C16H17BrO3. The number of rotatable bonds is 4. The van der Waals surface area contributed by atoms with Crippen LogP contribution in [0.2, 0.25) is 0 Å². The van der Waals surface area contributed by atoms with Gasteiger partial charge in [0.25, 0.3) is 0 Å². The molecule has 0 fully saturated rings. The summed E-state index contributed by atoms with van der Waals surface area (Å²) < 4.78 is 12.2. The second-order valence-electron chi connectivity index (χ2n) is 4.56. The number of ether oxygens (including phenoxy) is 2. The number of halogens is 1. The predicted octanol–water partition coefficient (Wildman–Crippen LogP) is 4.61. The van der Waals surface area contributed by atoms with E-state index in [2.05, 4.69) is 15.9 Å². The maximum absolute atomic E-state index is 9.93. The van der Waals surface area contributed by atoms with Crippen molar-refractivity contribution in [3.05, 3.63) is 52.0 Å². The van der Waals surface area contributed by atoms with Gasteiger partial charge in [0.15, 0.2) is 0 Å². The summed E-state index contributed by atoms with van der Waals surface area (Å²) in [6, 6.07) is 11.2. The molecule has 0 amide bonds. The molecule has 2 rings (SSSR count). The summed E-state index contributed by atoms with van der Waals surface area (Å²) in [5.41, 5.74) is 1.74. The first-order valence-electron chi connectivity index (χ1n) is 6.32. The van der Waals surface area contributed by atoms with Gasteiger partial charge in [-0.2, -0.15) is 0 Å². The van der Waals surface area contributed by atoms with E-state index in [-0.39, 0.29) is 0 Å². The Morgan fingerprint density at radius 3 is 2.45 bits per heavy atom. The van der Waals surface area contributed by atoms with E-state index in [0.29, 0.717) is 17.1 Å². The summed E-state index contributed by atoms with van der Waals surface area (Å²) in [5.74, 6) is 1.94. The molecule has 0 saturated carbocycles. The Hall–Kier alpha value is -1.52. The van der Waals surface area contributed by atoms with Crippen LogP contribution in [0.3, 0.4) is 0 Å². The van der Waals surface area contributed by atoms with Gasteiger partial charge in [-0.15, -0.1) is 0 Å². The molecule has 1 N–H and O–H groups in total. The quantitative estimate of drug-likeness (QED) is 0.885. The fourth-order valence-electron chi connectivity index (χ4n) is 2.01. The van der Waals surface area contributed by atoms with Gasteiger partial charge in [0, 0.05) is 4.47 Å². The number of aryl methyl sites for hydroxylation is 1. The Kier molecular flexibility index (Phi) is 4.68. The van der Waals surface area contributed by atoms with Gasteiger partial charge in [-0.25, -0.2) is 0 Å². The van der Waals surface area contributed by atoms with E-state index in [0.717, 1.165) is 15.8 Å². The highest BCUT2D eigenvalue weighted by atomic mass is 79.9. The van der Waals surface area contributed by atoms with Gasteiger partial charge in [0.2, 0.25) is 0 Å². The Labute approximate surface area is 127 Å². The number of hydrogen-bond donors (Lipinski definition) is 1. The van der Waals surface area contributed by atoms with Crippen LogP contribution in [0, 0.1) is 6.92 Å². The summed E-state index contributed by atoms with van der Waals surface area (Å²) >= 11 is 3.46. The molecule has 106 valence electrons. The number of methoxy groups -OCH3 is 1. The highest BCUT2D eigenvalue weighted by Gasteiger charge is 2.16. The molecule has 1 atom stereocenters. The lowest BCUT2D eigenvalue weighted by Gasteiger charge is -2.16. The molecule has 0 unspecified atom stereocenters. The van der Waals surface area contributed by atoms with Gasteiger partial charge in [-0.3, -0.25) is 0 Å². The van der Waals surface area contributed by atoms with E-state index >= 15 is 0 Å². The standard InChI is InChI=1S/C16H17BrO3/c1-10-9-12(7-8-13(10)17)20-15-6-4-5-14(19-3)16(15)11(2)18/h4-9,11,18H,1-3H3/t11-/m1/s1. The van der Waals surface area contributed by atoms with Gasteiger partial charge in [0.05, 0.1) is 18.8 Å². The Balaban J connectivity index is 2.40. The van der Waals surface area contributed by atoms with Crippen molar-refractivity contribution in [3.8, 4) is 17.2 Å². The predicted molar refractivity (Wildman–Crippen MR) is 82.6 cm³/mol. The summed E-state index contributed by atoms with van der Waals surface area (Å²) in [7, 11) is 1.58. The van der Waals surface area contributed by atoms with Crippen LogP contribution in [0.25, 0.3) is 0 Å². The summed E-state index contributed by atoms with van der Waals surface area (Å²) in [5, 5.41) is 9.93. The minimum atomic E-state index is -0.669. The fourth-order valence-corrected chi connectivity index (χ4v) is 2.26. The van der Waals surface area contributed by atoms with Gasteiger partial charge < -0.3 is 14.6 Å². The largest absolute Gasteiger partial charge is 0.496 e. The lowest BCUT2D eigenvalue weighted by molar-refractivity contribution is 0.190. The first kappa shape index (κ1) is 14.9. The highest BCUT2D eigenvalue weighted by Crippen LogP contribution is 2.37. The zero-order valence-electron chi connectivity index (χ0n) is 11.7. The van der Waals surface area contributed by atoms with Gasteiger partial charge in [-0.1, -0.05) is 22.0 Å². The Morgan fingerprint density at radius 2 is 1.85 bits per heavy atom. The second kappa shape index (κ2) is 6.29. The molecule has 0 bridgehead atoms. The molecule has 0 heterocycles. The van der Waals surface area contributed by atoms with E-state index in [1.165, 1.54) is 0 Å². The number of benzene rings is 2. The van der Waals surface area contributed by atoms with Crippen LogP contribution < -0.4 is 9.47 Å². The first-order valence-corrected chi connectivity index (χ1v) is 7.11. The zero-order valence-corrected chi connectivity index (χ0v) is 13.3. The maximum atomic E-state index is 9.93. The van der Waals surface area contributed by atoms with Crippen LogP contribution >= 0.6 is 15.9 Å². The summed E-state index contributed by atoms with van der Waals surface area (Å²) in [4.78, 5) is 0. The molecule has 0 spiro atoms. The van der Waals surface area contributed by atoms with Crippen molar-refractivity contribution in [2.45, 2.75) is 20.0 Å². The van der Waals surface area contributed by atoms with E-state index < -0.39 is 6.10 Å². The average molecular weight is 337 g/mol. The fraction of sp³-hybridized carbons (Fsp3) is 0.250. The molecule has 0 aliphatic carbocycles. The van der Waals surface area contributed by atoms with Crippen LogP contribution in [0.15, 0.2) is 40.9 Å². The Bertz CT molecular complexity index is 609. The number of aliphatic hydroxyl groups excluding tert-OH is 1. The van der Waals surface area contributed by atoms with E-state index in [9.17, 15) is 5.11 Å².